The van der Waals surface area contributed by atoms with Gasteiger partial charge in [-0.1, -0.05) is 29.8 Å². The van der Waals surface area contributed by atoms with Crippen LogP contribution >= 0.6 is 27.5 Å². The summed E-state index contributed by atoms with van der Waals surface area (Å²) >= 11 is 9.25. The van der Waals surface area contributed by atoms with Crippen LogP contribution in [0.1, 0.15) is 5.56 Å². The summed E-state index contributed by atoms with van der Waals surface area (Å²) in [4.78, 5) is 4.21. The molecular weight excluding hydrogens is 355 g/mol. The summed E-state index contributed by atoms with van der Waals surface area (Å²) < 4.78 is 14.5. The van der Waals surface area contributed by atoms with Gasteiger partial charge in [-0.2, -0.15) is 0 Å². The molecule has 0 fully saturated rings. The summed E-state index contributed by atoms with van der Waals surface area (Å²) in [6, 6.07) is 12.5. The Morgan fingerprint density at radius 2 is 2.00 bits per heavy atom. The number of fused-ring (bicyclic) bond motifs is 1. The Bertz CT molecular complexity index is 799. The van der Waals surface area contributed by atoms with Gasteiger partial charge in [-0.05, 0) is 51.1 Å². The van der Waals surface area contributed by atoms with Crippen LogP contribution in [0.2, 0.25) is 5.02 Å². The molecule has 0 saturated heterocycles. The van der Waals surface area contributed by atoms with E-state index in [2.05, 4.69) is 26.2 Å². The van der Waals surface area contributed by atoms with Crippen LogP contribution in [0, 0.1) is 5.82 Å². The monoisotopic (exact) mass is 364 g/mol. The predicted molar refractivity (Wildman–Crippen MR) is 88.2 cm³/mol. The van der Waals surface area contributed by atoms with Gasteiger partial charge < -0.3 is 5.32 Å². The lowest BCUT2D eigenvalue weighted by Crippen LogP contribution is -2.01. The van der Waals surface area contributed by atoms with E-state index in [0.29, 0.717) is 21.6 Å². The topological polar surface area (TPSA) is 24.9 Å². The van der Waals surface area contributed by atoms with E-state index in [1.54, 1.807) is 12.3 Å². The predicted octanol–water partition coefficient (Wildman–Crippen LogP) is 5.40. The summed E-state index contributed by atoms with van der Waals surface area (Å²) in [6.45, 7) is 0.542. The van der Waals surface area contributed by atoms with Crippen LogP contribution in [0.5, 0.6) is 0 Å². The maximum absolute atomic E-state index is 13.9. The van der Waals surface area contributed by atoms with Gasteiger partial charge in [0.2, 0.25) is 0 Å². The lowest BCUT2D eigenvalue weighted by Gasteiger charge is -2.10. The van der Waals surface area contributed by atoms with Gasteiger partial charge in [-0.25, -0.2) is 9.37 Å². The first-order chi connectivity index (χ1) is 10.1. The highest BCUT2D eigenvalue weighted by molar-refractivity contribution is 9.10. The molecule has 0 aliphatic carbocycles. The maximum Gasteiger partial charge on any atom is 0.133 e. The highest BCUT2D eigenvalue weighted by Gasteiger charge is 2.09. The Morgan fingerprint density at radius 1 is 1.19 bits per heavy atom. The second-order valence-electron chi connectivity index (χ2n) is 4.60. The highest BCUT2D eigenvalue weighted by atomic mass is 79.9. The van der Waals surface area contributed by atoms with Gasteiger partial charge in [0, 0.05) is 23.5 Å². The average molecular weight is 366 g/mol. The summed E-state index contributed by atoms with van der Waals surface area (Å²) in [7, 11) is 0. The minimum absolute atomic E-state index is 0.281. The van der Waals surface area contributed by atoms with Crippen LogP contribution in [0.15, 0.2) is 53.3 Å². The number of nitrogens with one attached hydrogen (secondary N) is 1. The molecular formula is C16H11BrClFN2. The third kappa shape index (κ3) is 3.01. The van der Waals surface area contributed by atoms with Crippen molar-refractivity contribution in [2.24, 2.45) is 0 Å². The van der Waals surface area contributed by atoms with Crippen molar-refractivity contribution in [2.45, 2.75) is 6.54 Å². The van der Waals surface area contributed by atoms with Gasteiger partial charge in [-0.15, -0.1) is 0 Å². The number of anilines is 1. The van der Waals surface area contributed by atoms with Gasteiger partial charge in [0.1, 0.15) is 10.4 Å². The number of hydrogen-bond acceptors (Lipinski definition) is 2. The van der Waals surface area contributed by atoms with Crippen molar-refractivity contribution in [2.75, 3.05) is 5.32 Å². The maximum atomic E-state index is 13.9. The number of hydrogen-bond donors (Lipinski definition) is 1. The standard InChI is InChI=1S/C16H11BrClFN2/c17-16-15-13(5-2-6-14(15)19)10(9-21-16)8-20-12-4-1-3-11(18)7-12/h1-7,9,20H,8H2. The fourth-order valence-corrected chi connectivity index (χ4v) is 2.90. The summed E-state index contributed by atoms with van der Waals surface area (Å²) in [6.07, 6.45) is 1.74. The number of halogens is 3. The first kappa shape index (κ1) is 14.3. The number of aromatic nitrogens is 1. The number of benzene rings is 2. The zero-order valence-electron chi connectivity index (χ0n) is 10.9. The Hall–Kier alpha value is -1.65. The molecule has 1 heterocycles. The third-order valence-corrected chi connectivity index (χ3v) is 4.04. The van der Waals surface area contributed by atoms with Gasteiger partial charge in [-0.3, -0.25) is 0 Å². The van der Waals surface area contributed by atoms with E-state index in [1.165, 1.54) is 6.07 Å². The molecule has 0 saturated carbocycles. The van der Waals surface area contributed by atoms with E-state index in [-0.39, 0.29) is 5.82 Å². The third-order valence-electron chi connectivity index (χ3n) is 3.21. The van der Waals surface area contributed by atoms with E-state index in [1.807, 2.05) is 30.3 Å². The van der Waals surface area contributed by atoms with Crippen LogP contribution < -0.4 is 5.32 Å². The van der Waals surface area contributed by atoms with Crippen LogP contribution in [0.4, 0.5) is 10.1 Å². The molecule has 3 aromatic rings. The molecule has 0 spiro atoms. The summed E-state index contributed by atoms with van der Waals surface area (Å²) in [5, 5.41) is 5.28. The zero-order chi connectivity index (χ0) is 14.8. The first-order valence-corrected chi connectivity index (χ1v) is 7.53. The fraction of sp³-hybridized carbons (Fsp3) is 0.0625. The number of nitrogens with zero attached hydrogens (tertiary/aromatic N) is 1. The van der Waals surface area contributed by atoms with Crippen molar-refractivity contribution in [3.8, 4) is 0 Å². The second kappa shape index (κ2) is 6.00. The summed E-state index contributed by atoms with van der Waals surface area (Å²) in [5.41, 5.74) is 1.84. The SMILES string of the molecule is Fc1cccc2c(CNc3cccc(Cl)c3)cnc(Br)c12. The molecule has 3 rings (SSSR count). The quantitative estimate of drug-likeness (QED) is 0.628. The van der Waals surface area contributed by atoms with Crippen LogP contribution in [0.3, 0.4) is 0 Å². The van der Waals surface area contributed by atoms with E-state index >= 15 is 0 Å². The molecule has 0 aliphatic heterocycles. The molecule has 106 valence electrons. The van der Waals surface area contributed by atoms with Crippen molar-refractivity contribution in [1.82, 2.24) is 4.98 Å². The largest absolute Gasteiger partial charge is 0.381 e. The van der Waals surface area contributed by atoms with Crippen LogP contribution in [-0.4, -0.2) is 4.98 Å². The van der Waals surface area contributed by atoms with Gasteiger partial charge in [0.25, 0.3) is 0 Å². The Morgan fingerprint density at radius 3 is 2.81 bits per heavy atom. The van der Waals surface area contributed by atoms with Crippen LogP contribution in [-0.2, 0) is 6.54 Å². The van der Waals surface area contributed by atoms with E-state index < -0.39 is 0 Å². The van der Waals surface area contributed by atoms with Gasteiger partial charge in [0.05, 0.1) is 5.39 Å². The molecule has 0 bridgehead atoms. The number of rotatable bonds is 3. The fourth-order valence-electron chi connectivity index (χ4n) is 2.21. The van der Waals surface area contributed by atoms with Gasteiger partial charge in [0.15, 0.2) is 0 Å². The lowest BCUT2D eigenvalue weighted by molar-refractivity contribution is 0.639. The highest BCUT2D eigenvalue weighted by Crippen LogP contribution is 2.28. The Kier molecular flexibility index (Phi) is 4.08. The molecule has 2 nitrogen and oxygen atoms in total. The molecule has 0 radical (unpaired) electrons. The summed E-state index contributed by atoms with van der Waals surface area (Å²) in [5.74, 6) is -0.281. The molecule has 1 N–H and O–H groups in total. The van der Waals surface area contributed by atoms with Crippen molar-refractivity contribution in [3.05, 3.63) is 69.7 Å². The first-order valence-electron chi connectivity index (χ1n) is 6.36. The molecule has 0 atom stereocenters. The normalized spacial score (nSPS) is 10.8. The average Bonchev–Trinajstić information content (AvgIpc) is 2.47. The molecule has 0 amide bonds. The van der Waals surface area contributed by atoms with Crippen molar-refractivity contribution < 1.29 is 4.39 Å². The number of pyridine rings is 1. The van der Waals surface area contributed by atoms with E-state index in [4.69, 9.17) is 11.6 Å². The van der Waals surface area contributed by atoms with E-state index in [9.17, 15) is 4.39 Å². The smallest absolute Gasteiger partial charge is 0.133 e. The van der Waals surface area contributed by atoms with Crippen molar-refractivity contribution in [1.29, 1.82) is 0 Å². The van der Waals surface area contributed by atoms with Crippen molar-refractivity contribution in [3.63, 3.8) is 0 Å². The van der Waals surface area contributed by atoms with Gasteiger partial charge >= 0.3 is 0 Å². The van der Waals surface area contributed by atoms with E-state index in [0.717, 1.165) is 16.6 Å². The van der Waals surface area contributed by atoms with Crippen molar-refractivity contribution >= 4 is 44.0 Å². The molecule has 21 heavy (non-hydrogen) atoms. The molecule has 0 aliphatic rings. The Labute approximate surface area is 135 Å². The molecule has 0 unspecified atom stereocenters. The second-order valence-corrected chi connectivity index (χ2v) is 5.79. The lowest BCUT2D eigenvalue weighted by atomic mass is 10.1. The molecule has 5 heteroatoms. The zero-order valence-corrected chi connectivity index (χ0v) is 13.2. The van der Waals surface area contributed by atoms with Crippen LogP contribution in [0.25, 0.3) is 10.8 Å². The minimum atomic E-state index is -0.281. The minimum Gasteiger partial charge on any atom is -0.381 e. The molecule has 2 aromatic carbocycles. The Balaban J connectivity index is 1.95. The molecule has 1 aromatic heterocycles.